The van der Waals surface area contributed by atoms with Crippen molar-refractivity contribution in [1.82, 2.24) is 0 Å². The maximum absolute atomic E-state index is 10.9. The van der Waals surface area contributed by atoms with E-state index in [1.807, 2.05) is 18.2 Å². The molecule has 3 N–H and O–H groups in total. The molecule has 1 aromatic rings. The highest BCUT2D eigenvalue weighted by molar-refractivity contribution is 5.77. The summed E-state index contributed by atoms with van der Waals surface area (Å²) in [7, 11) is 0. The molecule has 14 heavy (non-hydrogen) atoms. The summed E-state index contributed by atoms with van der Waals surface area (Å²) in [6, 6.07) is 5.11. The average molecular weight is 189 g/mol. The third-order valence-corrected chi connectivity index (χ3v) is 2.50. The summed E-state index contributed by atoms with van der Waals surface area (Å²) < 4.78 is 0. The molecule has 72 valence electrons. The topological polar surface area (TPSA) is 63.3 Å². The van der Waals surface area contributed by atoms with Gasteiger partial charge in [0.2, 0.25) is 0 Å². The minimum atomic E-state index is -1.07. The highest BCUT2D eigenvalue weighted by Gasteiger charge is 2.32. The summed E-state index contributed by atoms with van der Waals surface area (Å²) >= 11 is 0. The molecule has 1 atom stereocenters. The molecule has 2 rings (SSSR count). The average Bonchev–Trinajstić information content (AvgIpc) is 2.18. The monoisotopic (exact) mass is 189 g/mol. The molecule has 0 saturated heterocycles. The van der Waals surface area contributed by atoms with E-state index in [2.05, 4.69) is 0 Å². The molecule has 1 unspecified atom stereocenters. The number of carbonyl (C=O) groups is 1. The Morgan fingerprint density at radius 2 is 2.29 bits per heavy atom. The molecule has 0 aromatic heterocycles. The van der Waals surface area contributed by atoms with Crippen LogP contribution in [0.5, 0.6) is 5.75 Å². The Morgan fingerprint density at radius 3 is 3.00 bits per heavy atom. The van der Waals surface area contributed by atoms with Crippen LogP contribution < -0.4 is 5.73 Å². The Labute approximate surface area is 81.9 Å². The van der Waals surface area contributed by atoms with Gasteiger partial charge in [0, 0.05) is 5.56 Å². The Bertz CT molecular complexity index is 412. The quantitative estimate of drug-likeness (QED) is 0.651. The summed E-state index contributed by atoms with van der Waals surface area (Å²) in [5.41, 5.74) is 6.15. The number of fused-ring (bicyclic) bond motifs is 1. The van der Waals surface area contributed by atoms with Gasteiger partial charge in [0.25, 0.3) is 0 Å². The Hall–Kier alpha value is -1.61. The van der Waals surface area contributed by atoms with Crippen molar-refractivity contribution in [3.05, 3.63) is 35.4 Å². The van der Waals surface area contributed by atoms with Crippen molar-refractivity contribution in [2.45, 2.75) is 12.0 Å². The van der Waals surface area contributed by atoms with Crippen molar-refractivity contribution < 1.29 is 9.90 Å². The maximum Gasteiger partial charge on any atom is 0.144 e. The van der Waals surface area contributed by atoms with Crippen LogP contribution in [0.4, 0.5) is 0 Å². The first kappa shape index (κ1) is 8.97. The Kier molecular flexibility index (Phi) is 1.89. The molecule has 3 nitrogen and oxygen atoms in total. The van der Waals surface area contributed by atoms with E-state index in [4.69, 9.17) is 5.73 Å². The van der Waals surface area contributed by atoms with Crippen molar-refractivity contribution in [3.8, 4) is 5.75 Å². The van der Waals surface area contributed by atoms with Gasteiger partial charge in [-0.1, -0.05) is 24.3 Å². The molecule has 3 heteroatoms. The molecule has 0 bridgehead atoms. The number of rotatable bonds is 1. The molecule has 0 radical (unpaired) electrons. The van der Waals surface area contributed by atoms with Gasteiger partial charge in [-0.05, 0) is 18.1 Å². The molecular weight excluding hydrogens is 178 g/mol. The lowest BCUT2D eigenvalue weighted by Gasteiger charge is -2.27. The molecule has 0 spiro atoms. The van der Waals surface area contributed by atoms with Gasteiger partial charge < -0.3 is 15.6 Å². The van der Waals surface area contributed by atoms with Crippen molar-refractivity contribution >= 4 is 12.4 Å². The van der Waals surface area contributed by atoms with Gasteiger partial charge in [-0.3, -0.25) is 0 Å². The standard InChI is InChI=1S/C11H11NO2/c12-11(7-13)6-2-4-8-3-1-5-9(14)10(8)11/h1-5,7,14H,6,12H2. The molecule has 0 heterocycles. The third kappa shape index (κ3) is 1.14. The lowest BCUT2D eigenvalue weighted by molar-refractivity contribution is -0.112. The number of hydrogen-bond acceptors (Lipinski definition) is 3. The molecule has 0 aliphatic heterocycles. The van der Waals surface area contributed by atoms with E-state index in [0.29, 0.717) is 18.3 Å². The summed E-state index contributed by atoms with van der Waals surface area (Å²) in [6.45, 7) is 0. The van der Waals surface area contributed by atoms with Crippen LogP contribution in [0.15, 0.2) is 24.3 Å². The second-order valence-electron chi connectivity index (χ2n) is 3.51. The van der Waals surface area contributed by atoms with Crippen LogP contribution in [0.3, 0.4) is 0 Å². The summed E-state index contributed by atoms with van der Waals surface area (Å²) in [5, 5.41) is 9.65. The van der Waals surface area contributed by atoms with Crippen LogP contribution in [-0.2, 0) is 10.3 Å². The fourth-order valence-electron chi connectivity index (χ4n) is 1.79. The largest absolute Gasteiger partial charge is 0.508 e. The molecule has 1 aliphatic carbocycles. The molecule has 0 fully saturated rings. The fourth-order valence-corrected chi connectivity index (χ4v) is 1.79. The van der Waals surface area contributed by atoms with Gasteiger partial charge in [0.05, 0.1) is 0 Å². The van der Waals surface area contributed by atoms with Crippen molar-refractivity contribution in [1.29, 1.82) is 0 Å². The van der Waals surface area contributed by atoms with Crippen LogP contribution in [-0.4, -0.2) is 11.4 Å². The second-order valence-corrected chi connectivity index (χ2v) is 3.51. The smallest absolute Gasteiger partial charge is 0.144 e. The van der Waals surface area contributed by atoms with E-state index >= 15 is 0 Å². The molecular formula is C11H11NO2. The lowest BCUT2D eigenvalue weighted by atomic mass is 9.81. The highest BCUT2D eigenvalue weighted by Crippen LogP contribution is 2.36. The van der Waals surface area contributed by atoms with E-state index in [0.717, 1.165) is 5.56 Å². The van der Waals surface area contributed by atoms with Crippen LogP contribution in [0.1, 0.15) is 17.5 Å². The highest BCUT2D eigenvalue weighted by atomic mass is 16.3. The first-order valence-corrected chi connectivity index (χ1v) is 4.41. The second kappa shape index (κ2) is 2.96. The van der Waals surface area contributed by atoms with E-state index in [1.165, 1.54) is 0 Å². The van der Waals surface area contributed by atoms with Crippen LogP contribution in [0.25, 0.3) is 6.08 Å². The summed E-state index contributed by atoms with van der Waals surface area (Å²) in [5.74, 6) is 0.0847. The zero-order valence-corrected chi connectivity index (χ0v) is 7.60. The predicted molar refractivity (Wildman–Crippen MR) is 53.7 cm³/mol. The minimum Gasteiger partial charge on any atom is -0.508 e. The number of phenols is 1. The van der Waals surface area contributed by atoms with Gasteiger partial charge in [-0.25, -0.2) is 0 Å². The first-order chi connectivity index (χ1) is 6.67. The van der Waals surface area contributed by atoms with Gasteiger partial charge in [-0.15, -0.1) is 0 Å². The SMILES string of the molecule is NC1(C=O)CC=Cc2cccc(O)c21. The number of aromatic hydroxyl groups is 1. The maximum atomic E-state index is 10.9. The number of benzene rings is 1. The fraction of sp³-hybridized carbons (Fsp3) is 0.182. The molecule has 0 saturated carbocycles. The molecule has 1 aromatic carbocycles. The van der Waals surface area contributed by atoms with E-state index in [-0.39, 0.29) is 5.75 Å². The third-order valence-electron chi connectivity index (χ3n) is 2.50. The molecule has 0 amide bonds. The van der Waals surface area contributed by atoms with Gasteiger partial charge in [-0.2, -0.15) is 0 Å². The normalized spacial score (nSPS) is 24.4. The summed E-state index contributed by atoms with van der Waals surface area (Å²) in [6.07, 6.45) is 4.83. The van der Waals surface area contributed by atoms with E-state index in [9.17, 15) is 9.90 Å². The lowest BCUT2D eigenvalue weighted by Crippen LogP contribution is -2.39. The zero-order chi connectivity index (χ0) is 10.2. The van der Waals surface area contributed by atoms with Crippen molar-refractivity contribution in [2.24, 2.45) is 5.73 Å². The number of carbonyl (C=O) groups excluding carboxylic acids is 1. The van der Waals surface area contributed by atoms with E-state index in [1.54, 1.807) is 12.1 Å². The number of phenolic OH excluding ortho intramolecular Hbond substituents is 1. The zero-order valence-electron chi connectivity index (χ0n) is 7.60. The van der Waals surface area contributed by atoms with Gasteiger partial charge >= 0.3 is 0 Å². The molecule has 1 aliphatic rings. The van der Waals surface area contributed by atoms with Crippen molar-refractivity contribution in [3.63, 3.8) is 0 Å². The number of nitrogens with two attached hydrogens (primary N) is 1. The number of hydrogen-bond donors (Lipinski definition) is 2. The Morgan fingerprint density at radius 1 is 1.50 bits per heavy atom. The first-order valence-electron chi connectivity index (χ1n) is 4.41. The predicted octanol–water partition coefficient (Wildman–Crippen LogP) is 1.16. The van der Waals surface area contributed by atoms with Crippen molar-refractivity contribution in [2.75, 3.05) is 0 Å². The minimum absolute atomic E-state index is 0.0847. The van der Waals surface area contributed by atoms with Gasteiger partial charge in [0.1, 0.15) is 17.6 Å². The van der Waals surface area contributed by atoms with Gasteiger partial charge in [0.15, 0.2) is 0 Å². The van der Waals surface area contributed by atoms with Crippen LogP contribution in [0.2, 0.25) is 0 Å². The van der Waals surface area contributed by atoms with E-state index < -0.39 is 5.54 Å². The Balaban J connectivity index is 2.70. The summed E-state index contributed by atoms with van der Waals surface area (Å²) in [4.78, 5) is 10.9. The number of aldehydes is 1. The van der Waals surface area contributed by atoms with Crippen LogP contribution >= 0.6 is 0 Å². The van der Waals surface area contributed by atoms with Crippen LogP contribution in [0, 0.1) is 0 Å².